The van der Waals surface area contributed by atoms with E-state index in [2.05, 4.69) is 10.1 Å². The third-order valence-corrected chi connectivity index (χ3v) is 2.03. The van der Waals surface area contributed by atoms with E-state index in [1.54, 1.807) is 0 Å². The fraction of sp³-hybridized carbons (Fsp3) is 0.857. The Kier molecular flexibility index (Phi) is 2.84. The largest absolute Gasteiger partial charge is 0.469 e. The number of nitrogens with one attached hydrogen (secondary N) is 1. The third kappa shape index (κ3) is 1.91. The average molecular weight is 158 g/mol. The molecule has 1 aliphatic heterocycles. The first kappa shape index (κ1) is 8.49. The Hall–Kier alpha value is -0.610. The second-order valence-corrected chi connectivity index (χ2v) is 2.79. The Morgan fingerprint density at radius 1 is 1.73 bits per heavy atom. The number of carbonyl (C=O) groups excluding carboxylic acids is 1. The molecule has 4 heteroatoms. The summed E-state index contributed by atoms with van der Waals surface area (Å²) in [5.41, 5.74) is 5.69. The number of piperidine rings is 1. The molecule has 0 saturated carbocycles. The first-order valence-corrected chi connectivity index (χ1v) is 3.80. The summed E-state index contributed by atoms with van der Waals surface area (Å²) >= 11 is 0. The Balaban J connectivity index is 2.47. The Labute approximate surface area is 66.1 Å². The molecule has 0 bridgehead atoms. The molecule has 0 spiro atoms. The SMILES string of the molecule is COC(=O)C1CCNCC1N. The van der Waals surface area contributed by atoms with Gasteiger partial charge in [-0.3, -0.25) is 4.79 Å². The molecule has 0 amide bonds. The highest BCUT2D eigenvalue weighted by Crippen LogP contribution is 2.11. The highest BCUT2D eigenvalue weighted by Gasteiger charge is 2.28. The maximum atomic E-state index is 11.0. The molecule has 2 atom stereocenters. The summed E-state index contributed by atoms with van der Waals surface area (Å²) in [4.78, 5) is 11.0. The van der Waals surface area contributed by atoms with Gasteiger partial charge in [-0.2, -0.15) is 0 Å². The van der Waals surface area contributed by atoms with Crippen molar-refractivity contribution in [2.45, 2.75) is 12.5 Å². The van der Waals surface area contributed by atoms with Crippen LogP contribution in [-0.4, -0.2) is 32.2 Å². The van der Waals surface area contributed by atoms with E-state index in [9.17, 15) is 4.79 Å². The minimum absolute atomic E-state index is 0.0869. The Bertz CT molecular complexity index is 149. The van der Waals surface area contributed by atoms with E-state index in [1.807, 2.05) is 0 Å². The molecule has 64 valence electrons. The highest BCUT2D eigenvalue weighted by atomic mass is 16.5. The molecule has 0 radical (unpaired) electrons. The topological polar surface area (TPSA) is 64.3 Å². The summed E-state index contributed by atoms with van der Waals surface area (Å²) in [6.45, 7) is 1.56. The summed E-state index contributed by atoms with van der Waals surface area (Å²) in [6, 6.07) is -0.0869. The van der Waals surface area contributed by atoms with Crippen LogP contribution in [0.1, 0.15) is 6.42 Å². The van der Waals surface area contributed by atoms with Crippen LogP contribution in [0.25, 0.3) is 0 Å². The standard InChI is InChI=1S/C7H14N2O2/c1-11-7(10)5-2-3-9-4-6(5)8/h5-6,9H,2-4,8H2,1H3. The van der Waals surface area contributed by atoms with Gasteiger partial charge < -0.3 is 15.8 Å². The van der Waals surface area contributed by atoms with E-state index in [4.69, 9.17) is 5.73 Å². The number of methoxy groups -OCH3 is 1. The molecule has 0 aliphatic carbocycles. The molecule has 1 aliphatic rings. The zero-order valence-electron chi connectivity index (χ0n) is 6.67. The molecule has 11 heavy (non-hydrogen) atoms. The van der Waals surface area contributed by atoms with Gasteiger partial charge in [0, 0.05) is 12.6 Å². The van der Waals surface area contributed by atoms with Gasteiger partial charge in [0.25, 0.3) is 0 Å². The summed E-state index contributed by atoms with van der Waals surface area (Å²) in [5.74, 6) is -0.291. The van der Waals surface area contributed by atoms with Crippen molar-refractivity contribution in [3.05, 3.63) is 0 Å². The number of rotatable bonds is 1. The third-order valence-electron chi connectivity index (χ3n) is 2.03. The number of ether oxygens (including phenoxy) is 1. The molecule has 0 aromatic carbocycles. The summed E-state index contributed by atoms with van der Waals surface area (Å²) in [7, 11) is 1.40. The van der Waals surface area contributed by atoms with Crippen LogP contribution in [0.4, 0.5) is 0 Å². The van der Waals surface area contributed by atoms with Gasteiger partial charge in [0.15, 0.2) is 0 Å². The van der Waals surface area contributed by atoms with Crippen molar-refractivity contribution in [3.63, 3.8) is 0 Å². The van der Waals surface area contributed by atoms with Crippen LogP contribution in [0.2, 0.25) is 0 Å². The molecular weight excluding hydrogens is 144 g/mol. The number of nitrogens with two attached hydrogens (primary N) is 1. The molecule has 2 unspecified atom stereocenters. The quantitative estimate of drug-likeness (QED) is 0.485. The molecule has 1 heterocycles. The van der Waals surface area contributed by atoms with E-state index in [1.165, 1.54) is 7.11 Å². The fourth-order valence-corrected chi connectivity index (χ4v) is 1.33. The molecular formula is C7H14N2O2. The fourth-order valence-electron chi connectivity index (χ4n) is 1.33. The zero-order chi connectivity index (χ0) is 8.27. The zero-order valence-corrected chi connectivity index (χ0v) is 6.67. The highest BCUT2D eigenvalue weighted by molar-refractivity contribution is 5.73. The lowest BCUT2D eigenvalue weighted by atomic mass is 9.94. The Morgan fingerprint density at radius 2 is 2.45 bits per heavy atom. The second kappa shape index (κ2) is 3.69. The lowest BCUT2D eigenvalue weighted by Crippen LogP contribution is -2.49. The van der Waals surface area contributed by atoms with Crippen LogP contribution in [0.3, 0.4) is 0 Å². The monoisotopic (exact) mass is 158 g/mol. The molecule has 3 N–H and O–H groups in total. The van der Waals surface area contributed by atoms with Crippen molar-refractivity contribution in [3.8, 4) is 0 Å². The molecule has 1 fully saturated rings. The van der Waals surface area contributed by atoms with Gasteiger partial charge in [-0.25, -0.2) is 0 Å². The van der Waals surface area contributed by atoms with Gasteiger partial charge in [-0.1, -0.05) is 0 Å². The van der Waals surface area contributed by atoms with Crippen LogP contribution in [0.15, 0.2) is 0 Å². The van der Waals surface area contributed by atoms with Crippen LogP contribution < -0.4 is 11.1 Å². The lowest BCUT2D eigenvalue weighted by molar-refractivity contribution is -0.146. The number of carbonyl (C=O) groups is 1. The average Bonchev–Trinajstić information content (AvgIpc) is 2.04. The van der Waals surface area contributed by atoms with Crippen LogP contribution in [-0.2, 0) is 9.53 Å². The summed E-state index contributed by atoms with van der Waals surface area (Å²) < 4.78 is 4.61. The number of hydrogen-bond acceptors (Lipinski definition) is 4. The van der Waals surface area contributed by atoms with Gasteiger partial charge in [-0.05, 0) is 13.0 Å². The van der Waals surface area contributed by atoms with Crippen molar-refractivity contribution in [2.24, 2.45) is 11.7 Å². The first-order chi connectivity index (χ1) is 5.25. The van der Waals surface area contributed by atoms with Gasteiger partial charge in [0.1, 0.15) is 0 Å². The van der Waals surface area contributed by atoms with Crippen molar-refractivity contribution < 1.29 is 9.53 Å². The molecule has 0 aromatic heterocycles. The van der Waals surface area contributed by atoms with Crippen molar-refractivity contribution >= 4 is 5.97 Å². The minimum atomic E-state index is -0.181. The van der Waals surface area contributed by atoms with E-state index < -0.39 is 0 Å². The lowest BCUT2D eigenvalue weighted by Gasteiger charge is -2.26. The predicted molar refractivity (Wildman–Crippen MR) is 41.0 cm³/mol. The molecule has 1 saturated heterocycles. The first-order valence-electron chi connectivity index (χ1n) is 3.80. The van der Waals surface area contributed by atoms with Crippen LogP contribution >= 0.6 is 0 Å². The van der Waals surface area contributed by atoms with Crippen molar-refractivity contribution in [2.75, 3.05) is 20.2 Å². The van der Waals surface area contributed by atoms with E-state index in [-0.39, 0.29) is 17.9 Å². The summed E-state index contributed by atoms with van der Waals surface area (Å²) in [5, 5.41) is 3.11. The molecule has 0 aromatic rings. The smallest absolute Gasteiger partial charge is 0.310 e. The predicted octanol–water partition coefficient (Wildman–Crippen LogP) is -0.904. The normalized spacial score (nSPS) is 31.5. The van der Waals surface area contributed by atoms with Crippen LogP contribution in [0, 0.1) is 5.92 Å². The Morgan fingerprint density at radius 3 is 3.00 bits per heavy atom. The second-order valence-electron chi connectivity index (χ2n) is 2.79. The number of hydrogen-bond donors (Lipinski definition) is 2. The molecule has 1 rings (SSSR count). The van der Waals surface area contributed by atoms with E-state index in [0.29, 0.717) is 6.54 Å². The summed E-state index contributed by atoms with van der Waals surface area (Å²) in [6.07, 6.45) is 0.786. The van der Waals surface area contributed by atoms with Crippen molar-refractivity contribution in [1.82, 2.24) is 5.32 Å². The minimum Gasteiger partial charge on any atom is -0.469 e. The van der Waals surface area contributed by atoms with E-state index >= 15 is 0 Å². The van der Waals surface area contributed by atoms with Crippen molar-refractivity contribution in [1.29, 1.82) is 0 Å². The van der Waals surface area contributed by atoms with E-state index in [0.717, 1.165) is 13.0 Å². The van der Waals surface area contributed by atoms with Gasteiger partial charge in [-0.15, -0.1) is 0 Å². The van der Waals surface area contributed by atoms with Gasteiger partial charge >= 0.3 is 5.97 Å². The maximum Gasteiger partial charge on any atom is 0.310 e. The maximum absolute atomic E-state index is 11.0. The van der Waals surface area contributed by atoms with Gasteiger partial charge in [0.05, 0.1) is 13.0 Å². The van der Waals surface area contributed by atoms with Gasteiger partial charge in [0.2, 0.25) is 0 Å². The van der Waals surface area contributed by atoms with Crippen LogP contribution in [0.5, 0.6) is 0 Å². The molecule has 4 nitrogen and oxygen atoms in total. The number of esters is 1.